The van der Waals surface area contributed by atoms with Gasteiger partial charge in [-0.05, 0) is 12.8 Å². The third-order valence-electron chi connectivity index (χ3n) is 3.77. The molecule has 0 heterocycles. The van der Waals surface area contributed by atoms with Gasteiger partial charge in [0.25, 0.3) is 0 Å². The van der Waals surface area contributed by atoms with Crippen LogP contribution in [0.25, 0.3) is 0 Å². The second-order valence-electron chi connectivity index (χ2n) is 5.14. The minimum Gasteiger partial charge on any atom is -0.410 e. The van der Waals surface area contributed by atoms with Crippen molar-refractivity contribution < 1.29 is 22.4 Å². The van der Waals surface area contributed by atoms with E-state index in [2.05, 4.69) is 5.16 Å². The van der Waals surface area contributed by atoms with Crippen LogP contribution in [0.4, 0.5) is 8.78 Å². The van der Waals surface area contributed by atoms with Gasteiger partial charge in [0.1, 0.15) is 0 Å². The fourth-order valence-corrected chi connectivity index (χ4v) is 4.40. The van der Waals surface area contributed by atoms with Crippen molar-refractivity contribution >= 4 is 15.5 Å². The molecule has 0 spiro atoms. The Labute approximate surface area is 122 Å². The minimum absolute atomic E-state index is 0.107. The first-order valence-corrected chi connectivity index (χ1v) is 8.35. The van der Waals surface area contributed by atoms with Gasteiger partial charge in [0.2, 0.25) is 9.84 Å². The van der Waals surface area contributed by atoms with Gasteiger partial charge in [0.15, 0.2) is 5.71 Å². The van der Waals surface area contributed by atoms with Crippen LogP contribution in [0.2, 0.25) is 0 Å². The van der Waals surface area contributed by atoms with Gasteiger partial charge in [-0.25, -0.2) is 8.42 Å². The highest BCUT2D eigenvalue weighted by Crippen LogP contribution is 2.36. The number of halogens is 2. The van der Waals surface area contributed by atoms with Crippen LogP contribution in [-0.2, 0) is 9.84 Å². The summed E-state index contributed by atoms with van der Waals surface area (Å²) in [5.41, 5.74) is -1.22. The molecular weight excluding hydrogens is 300 g/mol. The molecule has 1 N–H and O–H groups in total. The van der Waals surface area contributed by atoms with Gasteiger partial charge in [0.05, 0.1) is 5.25 Å². The van der Waals surface area contributed by atoms with E-state index in [0.717, 1.165) is 6.42 Å². The Bertz CT molecular complexity index is 608. The van der Waals surface area contributed by atoms with E-state index in [4.69, 9.17) is 5.21 Å². The van der Waals surface area contributed by atoms with Crippen molar-refractivity contribution in [2.75, 3.05) is 0 Å². The SMILES string of the molecule is O=S(=O)(C1CCCCC1)C(F)(F)C(=NO)c1ccccc1. The molecule has 0 aromatic heterocycles. The summed E-state index contributed by atoms with van der Waals surface area (Å²) in [6.07, 6.45) is 2.56. The third kappa shape index (κ3) is 2.92. The van der Waals surface area contributed by atoms with Crippen molar-refractivity contribution in [3.05, 3.63) is 35.9 Å². The third-order valence-corrected chi connectivity index (χ3v) is 6.03. The average molecular weight is 317 g/mol. The molecule has 1 aromatic carbocycles. The number of benzene rings is 1. The summed E-state index contributed by atoms with van der Waals surface area (Å²) in [7, 11) is -4.75. The number of hydrogen-bond donors (Lipinski definition) is 1. The zero-order valence-electron chi connectivity index (χ0n) is 11.4. The summed E-state index contributed by atoms with van der Waals surface area (Å²) in [5.74, 6) is 0. The Morgan fingerprint density at radius 3 is 2.24 bits per heavy atom. The standard InChI is InChI=1S/C14H17F2NO3S/c15-14(16,13(17-18)11-7-3-1-4-8-11)21(19,20)12-9-5-2-6-10-12/h1,3-4,7-8,12,18H,2,5-6,9-10H2. The summed E-state index contributed by atoms with van der Waals surface area (Å²) >= 11 is 0. The van der Waals surface area contributed by atoms with Crippen LogP contribution in [0.15, 0.2) is 35.5 Å². The lowest BCUT2D eigenvalue weighted by Crippen LogP contribution is -2.45. The molecule has 1 fully saturated rings. The topological polar surface area (TPSA) is 66.7 Å². The van der Waals surface area contributed by atoms with E-state index in [1.165, 1.54) is 24.3 Å². The van der Waals surface area contributed by atoms with Gasteiger partial charge in [-0.1, -0.05) is 54.8 Å². The molecule has 0 atom stereocenters. The maximum Gasteiger partial charge on any atom is 0.391 e. The van der Waals surface area contributed by atoms with E-state index >= 15 is 0 Å². The van der Waals surface area contributed by atoms with Gasteiger partial charge >= 0.3 is 5.25 Å². The van der Waals surface area contributed by atoms with E-state index in [-0.39, 0.29) is 18.4 Å². The quantitative estimate of drug-likeness (QED) is 0.527. The Morgan fingerprint density at radius 2 is 1.71 bits per heavy atom. The van der Waals surface area contributed by atoms with Crippen molar-refractivity contribution in [2.24, 2.45) is 5.16 Å². The molecule has 0 amide bonds. The molecule has 0 unspecified atom stereocenters. The molecule has 1 aromatic rings. The fraction of sp³-hybridized carbons (Fsp3) is 0.500. The zero-order valence-corrected chi connectivity index (χ0v) is 12.2. The first-order valence-electron chi connectivity index (χ1n) is 6.80. The molecule has 2 rings (SSSR count). The lowest BCUT2D eigenvalue weighted by molar-refractivity contribution is 0.160. The highest BCUT2D eigenvalue weighted by molar-refractivity contribution is 7.93. The molecule has 1 aliphatic rings. The summed E-state index contributed by atoms with van der Waals surface area (Å²) in [4.78, 5) is 0. The Hall–Kier alpha value is -1.50. The van der Waals surface area contributed by atoms with Crippen molar-refractivity contribution in [2.45, 2.75) is 42.6 Å². The highest BCUT2D eigenvalue weighted by atomic mass is 32.2. The number of oxime groups is 1. The molecule has 4 nitrogen and oxygen atoms in total. The van der Waals surface area contributed by atoms with Crippen LogP contribution in [0.1, 0.15) is 37.7 Å². The van der Waals surface area contributed by atoms with Crippen molar-refractivity contribution in [1.29, 1.82) is 0 Å². The average Bonchev–Trinajstić information content (AvgIpc) is 2.49. The van der Waals surface area contributed by atoms with Gasteiger partial charge in [0, 0.05) is 5.56 Å². The summed E-state index contributed by atoms with van der Waals surface area (Å²) in [5, 5.41) is 6.21. The van der Waals surface area contributed by atoms with Gasteiger partial charge < -0.3 is 5.21 Å². The van der Waals surface area contributed by atoms with E-state index in [9.17, 15) is 17.2 Å². The van der Waals surface area contributed by atoms with Gasteiger partial charge in [-0.2, -0.15) is 8.78 Å². The van der Waals surface area contributed by atoms with Crippen molar-refractivity contribution in [3.63, 3.8) is 0 Å². The van der Waals surface area contributed by atoms with Crippen LogP contribution in [0, 0.1) is 0 Å². The first kappa shape index (κ1) is 15.9. The second-order valence-corrected chi connectivity index (χ2v) is 7.41. The molecule has 1 aliphatic carbocycles. The van der Waals surface area contributed by atoms with Crippen LogP contribution in [0.3, 0.4) is 0 Å². The number of hydrogen-bond acceptors (Lipinski definition) is 4. The predicted molar refractivity (Wildman–Crippen MR) is 75.5 cm³/mol. The summed E-state index contributed by atoms with van der Waals surface area (Å²) in [6, 6.07) is 7.14. The van der Waals surface area contributed by atoms with Gasteiger partial charge in [-0.3, -0.25) is 0 Å². The molecular formula is C14H17F2NO3S. The largest absolute Gasteiger partial charge is 0.410 e. The molecule has 0 saturated heterocycles. The molecule has 0 radical (unpaired) electrons. The number of nitrogens with zero attached hydrogens (tertiary/aromatic N) is 1. The lowest BCUT2D eigenvalue weighted by atomic mass is 10.0. The number of rotatable bonds is 4. The lowest BCUT2D eigenvalue weighted by Gasteiger charge is -2.27. The molecule has 116 valence electrons. The van der Waals surface area contributed by atoms with Crippen LogP contribution >= 0.6 is 0 Å². The predicted octanol–water partition coefficient (Wildman–Crippen LogP) is 3.21. The van der Waals surface area contributed by atoms with E-state index in [1.807, 2.05) is 0 Å². The van der Waals surface area contributed by atoms with Crippen LogP contribution < -0.4 is 0 Å². The van der Waals surface area contributed by atoms with E-state index in [0.29, 0.717) is 12.8 Å². The Morgan fingerprint density at radius 1 is 1.14 bits per heavy atom. The minimum atomic E-state index is -4.75. The summed E-state index contributed by atoms with van der Waals surface area (Å²) in [6.45, 7) is 0. The van der Waals surface area contributed by atoms with Crippen molar-refractivity contribution in [1.82, 2.24) is 0 Å². The number of alkyl halides is 2. The monoisotopic (exact) mass is 317 g/mol. The fourth-order valence-electron chi connectivity index (χ4n) is 2.60. The molecule has 0 bridgehead atoms. The maximum atomic E-state index is 14.5. The molecule has 7 heteroatoms. The van der Waals surface area contributed by atoms with Crippen LogP contribution in [0.5, 0.6) is 0 Å². The normalized spacial score (nSPS) is 18.7. The number of sulfone groups is 1. The van der Waals surface area contributed by atoms with E-state index < -0.39 is 26.1 Å². The molecule has 21 heavy (non-hydrogen) atoms. The van der Waals surface area contributed by atoms with Crippen molar-refractivity contribution in [3.8, 4) is 0 Å². The van der Waals surface area contributed by atoms with E-state index in [1.54, 1.807) is 6.07 Å². The maximum absolute atomic E-state index is 14.5. The van der Waals surface area contributed by atoms with Crippen LogP contribution in [-0.4, -0.2) is 29.8 Å². The van der Waals surface area contributed by atoms with Gasteiger partial charge in [-0.15, -0.1) is 0 Å². The molecule has 0 aliphatic heterocycles. The second kappa shape index (κ2) is 6.09. The zero-order chi connectivity index (χ0) is 15.5. The first-order chi connectivity index (χ1) is 9.91. The highest BCUT2D eigenvalue weighted by Gasteiger charge is 2.54. The Kier molecular flexibility index (Phi) is 4.61. The molecule has 1 saturated carbocycles. The Balaban J connectivity index is 2.39. The smallest absolute Gasteiger partial charge is 0.391 e. The summed E-state index contributed by atoms with van der Waals surface area (Å²) < 4.78 is 53.4.